The SMILES string of the molecule is CNC(c1ccc2c(c1)COC2)c1ccc(C)o1. The molecule has 0 bridgehead atoms. The maximum atomic E-state index is 5.72. The highest BCUT2D eigenvalue weighted by Gasteiger charge is 2.18. The molecule has 2 aromatic rings. The van der Waals surface area contributed by atoms with Gasteiger partial charge in [0, 0.05) is 0 Å². The van der Waals surface area contributed by atoms with E-state index in [4.69, 9.17) is 9.15 Å². The van der Waals surface area contributed by atoms with Crippen LogP contribution in [0.1, 0.15) is 34.3 Å². The lowest BCUT2D eigenvalue weighted by atomic mass is 10.00. The van der Waals surface area contributed by atoms with Gasteiger partial charge in [0.2, 0.25) is 0 Å². The molecule has 0 aliphatic carbocycles. The van der Waals surface area contributed by atoms with Gasteiger partial charge in [-0.3, -0.25) is 0 Å². The number of hydrogen-bond donors (Lipinski definition) is 1. The predicted octanol–water partition coefficient (Wildman–Crippen LogP) is 2.93. The van der Waals surface area contributed by atoms with Crippen LogP contribution in [0.4, 0.5) is 0 Å². The topological polar surface area (TPSA) is 34.4 Å². The van der Waals surface area contributed by atoms with Crippen molar-refractivity contribution in [3.05, 3.63) is 58.5 Å². The van der Waals surface area contributed by atoms with E-state index in [1.807, 2.05) is 26.1 Å². The Bertz CT molecular complexity index is 559. The van der Waals surface area contributed by atoms with E-state index in [2.05, 4.69) is 23.5 Å². The Morgan fingerprint density at radius 2 is 1.94 bits per heavy atom. The summed E-state index contributed by atoms with van der Waals surface area (Å²) in [7, 11) is 1.95. The van der Waals surface area contributed by atoms with Gasteiger partial charge >= 0.3 is 0 Å². The molecule has 3 rings (SSSR count). The maximum absolute atomic E-state index is 5.72. The summed E-state index contributed by atoms with van der Waals surface area (Å²) in [4.78, 5) is 0. The van der Waals surface area contributed by atoms with E-state index in [-0.39, 0.29) is 6.04 Å². The summed E-state index contributed by atoms with van der Waals surface area (Å²) in [6.45, 7) is 3.42. The molecule has 0 fully saturated rings. The van der Waals surface area contributed by atoms with Gasteiger partial charge in [-0.2, -0.15) is 0 Å². The average molecular weight is 243 g/mol. The summed E-state index contributed by atoms with van der Waals surface area (Å²) in [5.74, 6) is 1.89. The van der Waals surface area contributed by atoms with Gasteiger partial charge in [-0.15, -0.1) is 0 Å². The third-order valence-electron chi connectivity index (χ3n) is 3.41. The minimum absolute atomic E-state index is 0.101. The first-order chi connectivity index (χ1) is 8.78. The van der Waals surface area contributed by atoms with Crippen LogP contribution >= 0.6 is 0 Å². The molecular weight excluding hydrogens is 226 g/mol. The van der Waals surface area contributed by atoms with E-state index in [1.54, 1.807) is 0 Å². The first-order valence-electron chi connectivity index (χ1n) is 6.21. The van der Waals surface area contributed by atoms with Gasteiger partial charge in [-0.1, -0.05) is 18.2 Å². The van der Waals surface area contributed by atoms with E-state index in [9.17, 15) is 0 Å². The third-order valence-corrected chi connectivity index (χ3v) is 3.41. The first-order valence-corrected chi connectivity index (χ1v) is 6.21. The molecule has 1 aliphatic rings. The largest absolute Gasteiger partial charge is 0.464 e. The number of aryl methyl sites for hydroxylation is 1. The molecule has 1 aromatic heterocycles. The predicted molar refractivity (Wildman–Crippen MR) is 69.3 cm³/mol. The number of hydrogen-bond acceptors (Lipinski definition) is 3. The van der Waals surface area contributed by atoms with Crippen molar-refractivity contribution in [1.29, 1.82) is 0 Å². The molecule has 94 valence electrons. The van der Waals surface area contributed by atoms with Crippen LogP contribution in [0.3, 0.4) is 0 Å². The molecule has 1 aromatic carbocycles. The molecule has 2 heterocycles. The normalized spacial score (nSPS) is 15.7. The summed E-state index contributed by atoms with van der Waals surface area (Å²) in [6.07, 6.45) is 0. The zero-order valence-electron chi connectivity index (χ0n) is 10.7. The highest BCUT2D eigenvalue weighted by atomic mass is 16.5. The molecule has 0 amide bonds. The molecule has 3 nitrogen and oxygen atoms in total. The molecule has 0 radical (unpaired) electrons. The first kappa shape index (κ1) is 11.5. The Kier molecular flexibility index (Phi) is 2.94. The molecule has 0 spiro atoms. The zero-order valence-corrected chi connectivity index (χ0v) is 10.7. The van der Waals surface area contributed by atoms with Gasteiger partial charge in [-0.25, -0.2) is 0 Å². The Morgan fingerprint density at radius 3 is 2.67 bits per heavy atom. The zero-order chi connectivity index (χ0) is 12.5. The number of nitrogens with one attached hydrogen (secondary N) is 1. The maximum Gasteiger partial charge on any atom is 0.125 e. The van der Waals surface area contributed by atoms with Gasteiger partial charge in [0.05, 0.1) is 19.3 Å². The van der Waals surface area contributed by atoms with Crippen LogP contribution in [-0.2, 0) is 18.0 Å². The van der Waals surface area contributed by atoms with Gasteiger partial charge < -0.3 is 14.5 Å². The number of fused-ring (bicyclic) bond motifs is 1. The molecule has 1 N–H and O–H groups in total. The van der Waals surface area contributed by atoms with Crippen LogP contribution in [0.25, 0.3) is 0 Å². The fraction of sp³-hybridized carbons (Fsp3) is 0.333. The van der Waals surface area contributed by atoms with Crippen molar-refractivity contribution in [3.63, 3.8) is 0 Å². The number of rotatable bonds is 3. The Hall–Kier alpha value is -1.58. The Labute approximate surface area is 107 Å². The van der Waals surface area contributed by atoms with Crippen molar-refractivity contribution >= 4 is 0 Å². The molecule has 0 saturated carbocycles. The van der Waals surface area contributed by atoms with Gasteiger partial charge in [0.15, 0.2) is 0 Å². The summed E-state index contributed by atoms with van der Waals surface area (Å²) in [5.41, 5.74) is 3.80. The molecule has 1 unspecified atom stereocenters. The van der Waals surface area contributed by atoms with Crippen molar-refractivity contribution in [2.75, 3.05) is 7.05 Å². The van der Waals surface area contributed by atoms with E-state index in [0.717, 1.165) is 24.7 Å². The lowest BCUT2D eigenvalue weighted by molar-refractivity contribution is 0.134. The van der Waals surface area contributed by atoms with Gasteiger partial charge in [0.25, 0.3) is 0 Å². The molecular formula is C15H17NO2. The molecule has 18 heavy (non-hydrogen) atoms. The second kappa shape index (κ2) is 4.59. The van der Waals surface area contributed by atoms with Crippen LogP contribution in [0.5, 0.6) is 0 Å². The number of benzene rings is 1. The average Bonchev–Trinajstić information content (AvgIpc) is 2.99. The summed E-state index contributed by atoms with van der Waals surface area (Å²) in [5, 5.41) is 3.30. The van der Waals surface area contributed by atoms with E-state index in [1.165, 1.54) is 16.7 Å². The molecule has 3 heteroatoms. The second-order valence-electron chi connectivity index (χ2n) is 4.69. The minimum Gasteiger partial charge on any atom is -0.464 e. The van der Waals surface area contributed by atoms with Gasteiger partial charge in [-0.05, 0) is 42.8 Å². The van der Waals surface area contributed by atoms with Crippen LogP contribution < -0.4 is 5.32 Å². The van der Waals surface area contributed by atoms with Gasteiger partial charge in [0.1, 0.15) is 11.5 Å². The quantitative estimate of drug-likeness (QED) is 0.900. The minimum atomic E-state index is 0.101. The highest BCUT2D eigenvalue weighted by Crippen LogP contribution is 2.28. The number of ether oxygens (including phenoxy) is 1. The van der Waals surface area contributed by atoms with Crippen molar-refractivity contribution < 1.29 is 9.15 Å². The van der Waals surface area contributed by atoms with Crippen molar-refractivity contribution in [3.8, 4) is 0 Å². The van der Waals surface area contributed by atoms with E-state index >= 15 is 0 Å². The van der Waals surface area contributed by atoms with Crippen LogP contribution in [-0.4, -0.2) is 7.05 Å². The summed E-state index contributed by atoms with van der Waals surface area (Å²) < 4.78 is 11.2. The fourth-order valence-corrected chi connectivity index (χ4v) is 2.45. The van der Waals surface area contributed by atoms with Crippen molar-refractivity contribution in [1.82, 2.24) is 5.32 Å². The van der Waals surface area contributed by atoms with E-state index < -0.39 is 0 Å². The van der Waals surface area contributed by atoms with Crippen molar-refractivity contribution in [2.45, 2.75) is 26.2 Å². The van der Waals surface area contributed by atoms with Crippen LogP contribution in [0, 0.1) is 6.92 Å². The van der Waals surface area contributed by atoms with E-state index in [0.29, 0.717) is 0 Å². The molecule has 0 saturated heterocycles. The highest BCUT2D eigenvalue weighted by molar-refractivity contribution is 5.37. The lowest BCUT2D eigenvalue weighted by Gasteiger charge is -2.15. The third kappa shape index (κ3) is 1.96. The van der Waals surface area contributed by atoms with Crippen LogP contribution in [0.2, 0.25) is 0 Å². The summed E-state index contributed by atoms with van der Waals surface area (Å²) >= 11 is 0. The fourth-order valence-electron chi connectivity index (χ4n) is 2.45. The lowest BCUT2D eigenvalue weighted by Crippen LogP contribution is -2.17. The summed E-state index contributed by atoms with van der Waals surface area (Å²) in [6, 6.07) is 10.6. The van der Waals surface area contributed by atoms with Crippen LogP contribution in [0.15, 0.2) is 34.7 Å². The second-order valence-corrected chi connectivity index (χ2v) is 4.69. The standard InChI is InChI=1S/C15H17NO2/c1-10-3-6-14(18-10)15(16-2)11-4-5-12-8-17-9-13(12)7-11/h3-7,15-16H,8-9H2,1-2H3. The monoisotopic (exact) mass is 243 g/mol. The Morgan fingerprint density at radius 1 is 1.11 bits per heavy atom. The molecule has 1 atom stereocenters. The number of furan rings is 1. The molecule has 1 aliphatic heterocycles. The Balaban J connectivity index is 1.96. The smallest absolute Gasteiger partial charge is 0.125 e. The van der Waals surface area contributed by atoms with Crippen molar-refractivity contribution in [2.24, 2.45) is 0 Å².